The average molecular weight is 482 g/mol. The zero-order valence-electron chi connectivity index (χ0n) is 20.7. The van der Waals surface area contributed by atoms with Gasteiger partial charge in [-0.3, -0.25) is 0 Å². The van der Waals surface area contributed by atoms with Gasteiger partial charge in [0.15, 0.2) is 0 Å². The van der Waals surface area contributed by atoms with Crippen LogP contribution in [0, 0.1) is 11.8 Å². The van der Waals surface area contributed by atoms with Gasteiger partial charge < -0.3 is 0 Å². The predicted molar refractivity (Wildman–Crippen MR) is 130 cm³/mol. The van der Waals surface area contributed by atoms with E-state index in [1.165, 1.54) is 21.5 Å². The maximum absolute atomic E-state index is 12.2. The second kappa shape index (κ2) is 13.5. The molecule has 9 heteroatoms. The van der Waals surface area contributed by atoms with Crippen molar-refractivity contribution in [1.29, 1.82) is 0 Å². The number of hydrogen-bond acceptors (Lipinski definition) is 4. The molecule has 1 aliphatic heterocycles. The van der Waals surface area contributed by atoms with Crippen LogP contribution in [0.2, 0.25) is 0 Å². The van der Waals surface area contributed by atoms with Gasteiger partial charge >= 0.3 is 0 Å². The van der Waals surface area contributed by atoms with E-state index in [4.69, 9.17) is 0 Å². The van der Waals surface area contributed by atoms with E-state index in [1.807, 2.05) is 13.8 Å². The quantitative estimate of drug-likeness (QED) is 0.492. The summed E-state index contributed by atoms with van der Waals surface area (Å²) in [6.45, 7) is 10.6. The molecule has 0 aromatic carbocycles. The van der Waals surface area contributed by atoms with Gasteiger partial charge in [-0.25, -0.2) is 12.7 Å². The van der Waals surface area contributed by atoms with Crippen molar-refractivity contribution in [2.45, 2.75) is 90.7 Å². The first kappa shape index (κ1) is 28.8. The van der Waals surface area contributed by atoms with E-state index in [-0.39, 0.29) is 5.25 Å². The summed E-state index contributed by atoms with van der Waals surface area (Å²) in [5, 5.41) is -0.131. The summed E-state index contributed by atoms with van der Waals surface area (Å²) in [6.07, 6.45) is 9.43. The first-order valence-electron chi connectivity index (χ1n) is 12.2. The fourth-order valence-corrected chi connectivity index (χ4v) is 7.55. The molecule has 0 spiro atoms. The summed E-state index contributed by atoms with van der Waals surface area (Å²) in [6, 6.07) is 0. The molecule has 2 fully saturated rings. The minimum atomic E-state index is -3.18. The van der Waals surface area contributed by atoms with E-state index in [0.717, 1.165) is 50.9 Å². The van der Waals surface area contributed by atoms with E-state index in [9.17, 15) is 16.8 Å². The first-order valence-corrected chi connectivity index (χ1v) is 15.1. The zero-order valence-corrected chi connectivity index (χ0v) is 22.3. The number of hydrogen-bond donors (Lipinski definition) is 0. The van der Waals surface area contributed by atoms with Crippen molar-refractivity contribution in [3.63, 3.8) is 0 Å². The van der Waals surface area contributed by atoms with Gasteiger partial charge in [0.2, 0.25) is 10.0 Å². The Morgan fingerprint density at radius 2 is 1.23 bits per heavy atom. The molecule has 7 nitrogen and oxygen atoms in total. The van der Waals surface area contributed by atoms with Crippen LogP contribution in [0.5, 0.6) is 0 Å². The lowest BCUT2D eigenvalue weighted by molar-refractivity contribution is 0.256. The summed E-state index contributed by atoms with van der Waals surface area (Å²) >= 11 is 0. The SMILES string of the molecule is CCC1CCCC(S(=O)(=O)N(C)CC)CC1.CCC1CCN(S(=O)(=O)N(C)CC)CC1. The maximum Gasteiger partial charge on any atom is 0.281 e. The van der Waals surface area contributed by atoms with Crippen LogP contribution in [-0.4, -0.2) is 75.3 Å². The van der Waals surface area contributed by atoms with Crippen molar-refractivity contribution in [2.24, 2.45) is 11.8 Å². The molecular weight excluding hydrogens is 434 g/mol. The van der Waals surface area contributed by atoms with Crippen molar-refractivity contribution in [2.75, 3.05) is 40.3 Å². The molecule has 1 heterocycles. The molecule has 0 radical (unpaired) electrons. The Labute approximate surface area is 192 Å². The van der Waals surface area contributed by atoms with Gasteiger partial charge in [0.05, 0.1) is 5.25 Å². The van der Waals surface area contributed by atoms with E-state index in [2.05, 4.69) is 13.8 Å². The standard InChI is InChI=1S/C12H25NO2S.C10H22N2O2S/c1-4-11-7-6-8-12(10-9-11)16(14,15)13(3)5-2;1-4-10-6-8-12(9-7-10)15(13,14)11(3)5-2/h11-12H,4-10H2,1-3H3;10H,4-9H2,1-3H3. The lowest BCUT2D eigenvalue weighted by Gasteiger charge is -2.33. The maximum atomic E-state index is 12.2. The minimum Gasteiger partial charge on any atom is -0.212 e. The van der Waals surface area contributed by atoms with Crippen LogP contribution in [0.15, 0.2) is 0 Å². The van der Waals surface area contributed by atoms with Crippen LogP contribution in [0.4, 0.5) is 0 Å². The lowest BCUT2D eigenvalue weighted by Crippen LogP contribution is -2.45. The van der Waals surface area contributed by atoms with Gasteiger partial charge in [-0.1, -0.05) is 53.4 Å². The van der Waals surface area contributed by atoms with Crippen molar-refractivity contribution in [3.05, 3.63) is 0 Å². The molecule has 1 saturated carbocycles. The molecule has 31 heavy (non-hydrogen) atoms. The summed E-state index contributed by atoms with van der Waals surface area (Å²) in [7, 11) is -2.88. The van der Waals surface area contributed by atoms with Gasteiger partial charge in [0.25, 0.3) is 10.2 Å². The van der Waals surface area contributed by atoms with Crippen LogP contribution in [0.25, 0.3) is 0 Å². The number of rotatable bonds is 8. The van der Waals surface area contributed by atoms with Gasteiger partial charge in [-0.2, -0.15) is 17.0 Å². The molecule has 1 aliphatic carbocycles. The van der Waals surface area contributed by atoms with Gasteiger partial charge in [0.1, 0.15) is 0 Å². The zero-order chi connectivity index (χ0) is 23.7. The highest BCUT2D eigenvalue weighted by Gasteiger charge is 2.31. The van der Waals surface area contributed by atoms with Crippen LogP contribution in [0.3, 0.4) is 0 Å². The van der Waals surface area contributed by atoms with E-state index in [1.54, 1.807) is 18.4 Å². The molecule has 186 valence electrons. The summed E-state index contributed by atoms with van der Waals surface area (Å²) < 4.78 is 52.8. The monoisotopic (exact) mass is 481 g/mol. The molecule has 2 atom stereocenters. The fourth-order valence-electron chi connectivity index (χ4n) is 4.39. The second-order valence-corrected chi connectivity index (χ2v) is 13.4. The smallest absolute Gasteiger partial charge is 0.212 e. The van der Waals surface area contributed by atoms with Crippen LogP contribution in [-0.2, 0) is 20.2 Å². The largest absolute Gasteiger partial charge is 0.281 e. The minimum absolute atomic E-state index is 0.131. The van der Waals surface area contributed by atoms with Crippen LogP contribution in [0.1, 0.15) is 85.5 Å². The molecule has 2 unspecified atom stereocenters. The Morgan fingerprint density at radius 1 is 0.710 bits per heavy atom. The average Bonchev–Trinajstić information content (AvgIpc) is 3.04. The molecule has 0 aromatic rings. The van der Waals surface area contributed by atoms with Gasteiger partial charge in [-0.05, 0) is 43.9 Å². The predicted octanol–water partition coefficient (Wildman–Crippen LogP) is 3.93. The van der Waals surface area contributed by atoms with E-state index >= 15 is 0 Å². The topological polar surface area (TPSA) is 78.0 Å². The van der Waals surface area contributed by atoms with Crippen LogP contribution < -0.4 is 0 Å². The van der Waals surface area contributed by atoms with Gasteiger partial charge in [-0.15, -0.1) is 0 Å². The summed E-state index contributed by atoms with van der Waals surface area (Å²) in [4.78, 5) is 0. The normalized spacial score (nSPS) is 24.6. The first-order chi connectivity index (χ1) is 14.5. The highest BCUT2D eigenvalue weighted by Crippen LogP contribution is 2.29. The number of nitrogens with zero attached hydrogens (tertiary/aromatic N) is 3. The lowest BCUT2D eigenvalue weighted by atomic mass is 9.96. The molecule has 0 amide bonds. The van der Waals surface area contributed by atoms with Crippen molar-refractivity contribution in [1.82, 2.24) is 12.9 Å². The Bertz CT molecular complexity index is 704. The Balaban J connectivity index is 0.000000311. The second-order valence-electron chi connectivity index (χ2n) is 9.04. The Morgan fingerprint density at radius 3 is 1.71 bits per heavy atom. The third kappa shape index (κ3) is 8.25. The van der Waals surface area contributed by atoms with E-state index in [0.29, 0.717) is 32.1 Å². The number of sulfonamides is 1. The summed E-state index contributed by atoms with van der Waals surface area (Å²) in [5.41, 5.74) is 0. The molecule has 0 bridgehead atoms. The molecule has 0 aromatic heterocycles. The van der Waals surface area contributed by atoms with Gasteiger partial charge in [0, 0.05) is 40.3 Å². The molecular formula is C22H47N3O4S2. The highest BCUT2D eigenvalue weighted by molar-refractivity contribution is 7.89. The van der Waals surface area contributed by atoms with Crippen molar-refractivity contribution < 1.29 is 16.8 Å². The molecule has 0 N–H and O–H groups in total. The Kier molecular flexibility index (Phi) is 12.5. The Hall–Kier alpha value is -0.220. The van der Waals surface area contributed by atoms with Crippen LogP contribution >= 0.6 is 0 Å². The van der Waals surface area contributed by atoms with Crippen molar-refractivity contribution >= 4 is 20.2 Å². The van der Waals surface area contributed by atoms with E-state index < -0.39 is 20.2 Å². The number of piperidine rings is 1. The summed E-state index contributed by atoms with van der Waals surface area (Å²) in [5.74, 6) is 1.45. The molecule has 2 rings (SSSR count). The molecule has 2 aliphatic rings. The van der Waals surface area contributed by atoms with Crippen molar-refractivity contribution in [3.8, 4) is 0 Å². The molecule has 1 saturated heterocycles. The fraction of sp³-hybridized carbons (Fsp3) is 1.00. The third-order valence-electron chi connectivity index (χ3n) is 7.23. The third-order valence-corrected chi connectivity index (χ3v) is 11.7. The highest BCUT2D eigenvalue weighted by atomic mass is 32.2.